The third-order valence-corrected chi connectivity index (χ3v) is 10.00. The minimum atomic E-state index is -4.17. The highest BCUT2D eigenvalue weighted by Crippen LogP contribution is 2.38. The van der Waals surface area contributed by atoms with Gasteiger partial charge in [-0.1, -0.05) is 23.2 Å². The van der Waals surface area contributed by atoms with Crippen LogP contribution in [0.4, 0.5) is 32.6 Å². The molecular weight excluding hydrogens is 683 g/mol. The van der Waals surface area contributed by atoms with Gasteiger partial charge in [-0.25, -0.2) is 22.9 Å². The molecule has 5 rings (SSSR count). The lowest BCUT2D eigenvalue weighted by atomic mass is 10.1. The number of hydrogen-bond acceptors (Lipinski definition) is 10. The number of carbonyl (C=O) groups is 3. The van der Waals surface area contributed by atoms with Gasteiger partial charge in [-0.2, -0.15) is 0 Å². The number of esters is 1. The molecule has 3 aliphatic rings. The van der Waals surface area contributed by atoms with Crippen molar-refractivity contribution in [1.29, 1.82) is 0 Å². The van der Waals surface area contributed by atoms with Crippen LogP contribution in [0, 0.1) is 0 Å². The van der Waals surface area contributed by atoms with Crippen LogP contribution in [0.15, 0.2) is 52.5 Å². The van der Waals surface area contributed by atoms with E-state index >= 15 is 0 Å². The maximum atomic E-state index is 14.0. The molecule has 1 atom stereocenters. The molecule has 1 aromatic heterocycles. The number of hydrogen-bond donors (Lipinski definition) is 0. The summed E-state index contributed by atoms with van der Waals surface area (Å²) in [5, 5.41) is 8.03. The number of imide groups is 1. The Morgan fingerprint density at radius 3 is 2.19 bits per heavy atom. The highest BCUT2D eigenvalue weighted by molar-refractivity contribution is 7.93. The van der Waals surface area contributed by atoms with Crippen LogP contribution in [0.25, 0.3) is 0 Å². The fourth-order valence-corrected chi connectivity index (χ4v) is 8.00. The van der Waals surface area contributed by atoms with Crippen LogP contribution in [0.2, 0.25) is 0 Å². The number of ether oxygens (including phenoxy) is 2. The van der Waals surface area contributed by atoms with Crippen molar-refractivity contribution in [3.05, 3.63) is 58.1 Å². The lowest BCUT2D eigenvalue weighted by molar-refractivity contribution is -0.152. The van der Waals surface area contributed by atoms with E-state index in [4.69, 9.17) is 32.7 Å². The topological polar surface area (TPSA) is 143 Å². The van der Waals surface area contributed by atoms with Crippen molar-refractivity contribution in [3.63, 3.8) is 0 Å². The fourth-order valence-electron chi connectivity index (χ4n) is 5.48. The van der Waals surface area contributed by atoms with Gasteiger partial charge in [-0.3, -0.25) is 14.0 Å². The second-order valence-corrected chi connectivity index (χ2v) is 16.6. The standard InChI is InChI=1S/C32H38Cl2N6O7S/c1-31(2,3)46-28(41)19-40(48(44,45)24-17-21(33)16-22(34)18-24)23-7-8-25-20(15-23)11-12-37(25)26-9-10-27(36-35-26)38-13-14-39(29(38)42)30(43)47-32(4,5)6/h7-10,15-17,24H,11-14,18-19H2,1-6H3. The highest BCUT2D eigenvalue weighted by atomic mass is 35.5. The average molecular weight is 722 g/mol. The number of amides is 3. The number of urea groups is 1. The van der Waals surface area contributed by atoms with Gasteiger partial charge in [0.25, 0.3) is 0 Å². The van der Waals surface area contributed by atoms with E-state index in [0.29, 0.717) is 35.3 Å². The molecule has 3 heterocycles. The number of sulfonamides is 1. The van der Waals surface area contributed by atoms with Gasteiger partial charge in [-0.05, 0) is 96.0 Å². The summed E-state index contributed by atoms with van der Waals surface area (Å²) in [5.41, 5.74) is 0.355. The average Bonchev–Trinajstić information content (AvgIpc) is 3.57. The first kappa shape index (κ1) is 35.4. The van der Waals surface area contributed by atoms with Crippen molar-refractivity contribution in [2.45, 2.75) is 70.8 Å². The molecule has 3 amide bonds. The number of anilines is 4. The molecule has 16 heteroatoms. The van der Waals surface area contributed by atoms with Gasteiger partial charge in [0.2, 0.25) is 10.0 Å². The molecule has 1 saturated heterocycles. The molecule has 48 heavy (non-hydrogen) atoms. The van der Waals surface area contributed by atoms with Crippen LogP contribution < -0.4 is 14.1 Å². The van der Waals surface area contributed by atoms with Crippen LogP contribution in [-0.4, -0.2) is 84.2 Å². The minimum absolute atomic E-state index is 0.0143. The minimum Gasteiger partial charge on any atom is -0.459 e. The van der Waals surface area contributed by atoms with Gasteiger partial charge in [0.05, 0.1) is 12.2 Å². The number of allylic oxidation sites excluding steroid dienone is 3. The molecule has 1 aromatic carbocycles. The van der Waals surface area contributed by atoms with Gasteiger partial charge in [0.1, 0.15) is 23.0 Å². The normalized spacial score (nSPS) is 18.4. The van der Waals surface area contributed by atoms with Crippen molar-refractivity contribution < 1.29 is 32.3 Å². The van der Waals surface area contributed by atoms with E-state index in [0.717, 1.165) is 20.5 Å². The molecule has 0 radical (unpaired) electrons. The molecule has 1 aliphatic carbocycles. The quantitative estimate of drug-likeness (QED) is 0.320. The van der Waals surface area contributed by atoms with Crippen molar-refractivity contribution in [2.75, 3.05) is 40.3 Å². The predicted octanol–water partition coefficient (Wildman–Crippen LogP) is 5.84. The summed E-state index contributed by atoms with van der Waals surface area (Å²) < 4.78 is 39.8. The number of fused-ring (bicyclic) bond motifs is 1. The molecule has 258 valence electrons. The van der Waals surface area contributed by atoms with Gasteiger partial charge in [-0.15, -0.1) is 10.2 Å². The second kappa shape index (κ2) is 13.2. The monoisotopic (exact) mass is 720 g/mol. The molecule has 13 nitrogen and oxygen atoms in total. The van der Waals surface area contributed by atoms with Crippen LogP contribution in [0.5, 0.6) is 0 Å². The molecule has 0 spiro atoms. The Morgan fingerprint density at radius 2 is 1.58 bits per heavy atom. The molecular formula is C32H38Cl2N6O7S. The van der Waals surface area contributed by atoms with Gasteiger partial charge >= 0.3 is 18.1 Å². The highest BCUT2D eigenvalue weighted by Gasteiger charge is 2.38. The number of nitrogens with zero attached hydrogens (tertiary/aromatic N) is 6. The van der Waals surface area contributed by atoms with E-state index in [2.05, 4.69) is 10.2 Å². The van der Waals surface area contributed by atoms with Crippen LogP contribution in [0.1, 0.15) is 53.5 Å². The largest absolute Gasteiger partial charge is 0.459 e. The van der Waals surface area contributed by atoms with E-state index in [-0.39, 0.29) is 24.5 Å². The Hall–Kier alpha value is -3.88. The summed E-state index contributed by atoms with van der Waals surface area (Å²) in [4.78, 5) is 42.7. The summed E-state index contributed by atoms with van der Waals surface area (Å²) in [6.07, 6.45) is 2.76. The summed E-state index contributed by atoms with van der Waals surface area (Å²) in [7, 11) is -4.17. The maximum absolute atomic E-state index is 14.0. The third-order valence-electron chi connectivity index (χ3n) is 7.48. The van der Waals surface area contributed by atoms with E-state index in [1.807, 2.05) is 4.90 Å². The van der Waals surface area contributed by atoms with Crippen molar-refractivity contribution in [1.82, 2.24) is 15.1 Å². The first-order valence-corrected chi connectivity index (χ1v) is 17.6. The lowest BCUT2D eigenvalue weighted by Crippen LogP contribution is -2.43. The molecule has 1 unspecified atom stereocenters. The van der Waals surface area contributed by atoms with Crippen molar-refractivity contribution in [3.8, 4) is 0 Å². The Bertz CT molecular complexity index is 1780. The van der Waals surface area contributed by atoms with E-state index in [1.165, 1.54) is 17.1 Å². The van der Waals surface area contributed by atoms with Gasteiger partial charge in [0.15, 0.2) is 11.6 Å². The van der Waals surface area contributed by atoms with E-state index < -0.39 is 51.1 Å². The summed E-state index contributed by atoms with van der Waals surface area (Å²) >= 11 is 12.4. The SMILES string of the molecule is CC(C)(C)OC(=O)CN(c1ccc2c(c1)CCN2c1ccc(N2CCN(C(=O)OC(C)(C)C)C2=O)nn1)S(=O)(=O)C1C=C(Cl)C=C(Cl)C1. The smallest absolute Gasteiger partial charge is 0.418 e. The number of benzene rings is 1. The third kappa shape index (κ3) is 7.87. The summed E-state index contributed by atoms with van der Waals surface area (Å²) in [5.74, 6) is 0.101. The fraction of sp³-hybridized carbons (Fsp3) is 0.469. The first-order chi connectivity index (χ1) is 22.3. The second-order valence-electron chi connectivity index (χ2n) is 13.6. The van der Waals surface area contributed by atoms with E-state index in [9.17, 15) is 22.8 Å². The van der Waals surface area contributed by atoms with Gasteiger partial charge in [0, 0.05) is 35.3 Å². The Labute approximate surface area is 290 Å². The first-order valence-electron chi connectivity index (χ1n) is 15.4. The number of aromatic nitrogens is 2. The molecule has 0 saturated carbocycles. The molecule has 2 aliphatic heterocycles. The van der Waals surface area contributed by atoms with Crippen molar-refractivity contribution >= 4 is 74.3 Å². The zero-order chi connectivity index (χ0) is 35.2. The zero-order valence-corrected chi connectivity index (χ0v) is 29.9. The number of halogens is 2. The molecule has 1 fully saturated rings. The summed E-state index contributed by atoms with van der Waals surface area (Å²) in [6.45, 7) is 10.7. The number of rotatable bonds is 7. The molecule has 2 aromatic rings. The van der Waals surface area contributed by atoms with Crippen LogP contribution in [0.3, 0.4) is 0 Å². The molecule has 0 N–H and O–H groups in total. The lowest BCUT2D eigenvalue weighted by Gasteiger charge is -2.30. The van der Waals surface area contributed by atoms with E-state index in [1.54, 1.807) is 71.9 Å². The Morgan fingerprint density at radius 1 is 0.938 bits per heavy atom. The summed E-state index contributed by atoms with van der Waals surface area (Å²) in [6, 6.07) is 7.97. The Balaban J connectivity index is 1.37. The van der Waals surface area contributed by atoms with Gasteiger partial charge < -0.3 is 14.4 Å². The predicted molar refractivity (Wildman–Crippen MR) is 183 cm³/mol. The molecule has 0 bridgehead atoms. The van der Waals surface area contributed by atoms with Crippen LogP contribution in [-0.2, 0) is 30.7 Å². The maximum Gasteiger partial charge on any atom is 0.418 e. The van der Waals surface area contributed by atoms with Crippen LogP contribution >= 0.6 is 23.2 Å². The van der Waals surface area contributed by atoms with Crippen molar-refractivity contribution in [2.24, 2.45) is 0 Å². The zero-order valence-electron chi connectivity index (χ0n) is 27.6. The number of carbonyl (C=O) groups excluding carboxylic acids is 3. The Kier molecular flexibility index (Phi) is 9.74.